The maximum Gasteiger partial charge on any atom is 0.264 e. The lowest BCUT2D eigenvalue weighted by Crippen LogP contribution is -2.33. The summed E-state index contributed by atoms with van der Waals surface area (Å²) in [4.78, 5) is 46.5. The lowest BCUT2D eigenvalue weighted by Gasteiger charge is -2.13. The van der Waals surface area contributed by atoms with E-state index in [-0.39, 0.29) is 29.5 Å². The van der Waals surface area contributed by atoms with Gasteiger partial charge in [-0.15, -0.1) is 0 Å². The van der Waals surface area contributed by atoms with Gasteiger partial charge in [0.05, 0.1) is 25.3 Å². The van der Waals surface area contributed by atoms with Crippen molar-refractivity contribution in [3.05, 3.63) is 79.8 Å². The Morgan fingerprint density at radius 3 is 2.77 bits per heavy atom. The zero-order valence-corrected chi connectivity index (χ0v) is 20.4. The normalized spacial score (nSPS) is 14.9. The molecule has 0 saturated heterocycles. The van der Waals surface area contributed by atoms with Crippen LogP contribution < -0.4 is 16.4 Å². The highest BCUT2D eigenvalue weighted by Gasteiger charge is 2.27. The number of carbonyl (C=O) groups excluding carboxylic acids is 1. The summed E-state index contributed by atoms with van der Waals surface area (Å²) in [5, 5.41) is 8.85. The fourth-order valence-electron chi connectivity index (χ4n) is 4.02. The van der Waals surface area contributed by atoms with E-state index in [0.717, 1.165) is 5.56 Å². The molecule has 0 fully saturated rings. The quantitative estimate of drug-likeness (QED) is 0.377. The van der Waals surface area contributed by atoms with Gasteiger partial charge in [0.1, 0.15) is 11.7 Å². The summed E-state index contributed by atoms with van der Waals surface area (Å²) in [6, 6.07) is 7.06. The fraction of sp³-hybridized carbons (Fsp3) is 0.304. The van der Waals surface area contributed by atoms with Crippen molar-refractivity contribution >= 4 is 40.3 Å². The van der Waals surface area contributed by atoms with Crippen LogP contribution in [0.4, 0.5) is 0 Å². The van der Waals surface area contributed by atoms with E-state index in [1.165, 1.54) is 28.9 Å². The van der Waals surface area contributed by atoms with Crippen LogP contribution >= 0.6 is 23.4 Å². The molecule has 1 aliphatic rings. The second-order valence-electron chi connectivity index (χ2n) is 8.33. The number of hydrogen-bond acceptors (Lipinski definition) is 7. The van der Waals surface area contributed by atoms with E-state index in [0.29, 0.717) is 52.2 Å². The number of benzene rings is 1. The molecular formula is C23H22ClN7O3S. The first-order chi connectivity index (χ1) is 16.9. The number of aryl methyl sites for hydroxylation is 1. The Balaban J connectivity index is 1.21. The maximum absolute atomic E-state index is 12.9. The van der Waals surface area contributed by atoms with Crippen molar-refractivity contribution in [2.24, 2.45) is 0 Å². The summed E-state index contributed by atoms with van der Waals surface area (Å²) >= 11 is 7.41. The Hall–Kier alpha value is -3.44. The number of amides is 1. The summed E-state index contributed by atoms with van der Waals surface area (Å²) in [5.74, 6) is 0.473. The Kier molecular flexibility index (Phi) is 6.44. The monoisotopic (exact) mass is 511 g/mol. The Morgan fingerprint density at radius 1 is 1.17 bits per heavy atom. The van der Waals surface area contributed by atoms with Crippen molar-refractivity contribution in [2.75, 3.05) is 12.3 Å². The molecule has 3 aromatic heterocycles. The first-order valence-electron chi connectivity index (χ1n) is 11.0. The number of halogens is 1. The molecule has 1 atom stereocenters. The Morgan fingerprint density at radius 2 is 1.97 bits per heavy atom. The van der Waals surface area contributed by atoms with E-state index in [2.05, 4.69) is 20.4 Å². The van der Waals surface area contributed by atoms with Crippen LogP contribution in [0.25, 0.3) is 11.0 Å². The second kappa shape index (κ2) is 9.67. The number of nitrogens with one attached hydrogen (secondary N) is 1. The zero-order valence-electron chi connectivity index (χ0n) is 18.8. The molecule has 0 aliphatic carbocycles. The van der Waals surface area contributed by atoms with Crippen molar-refractivity contribution in [3.63, 3.8) is 0 Å². The van der Waals surface area contributed by atoms with Crippen molar-refractivity contribution in [2.45, 2.75) is 37.6 Å². The van der Waals surface area contributed by atoms with E-state index in [1.54, 1.807) is 34.5 Å². The summed E-state index contributed by atoms with van der Waals surface area (Å²) in [6.07, 6.45) is 4.76. The molecule has 0 spiro atoms. The smallest absolute Gasteiger partial charge is 0.264 e. The van der Waals surface area contributed by atoms with Gasteiger partial charge in [-0.1, -0.05) is 35.5 Å². The third kappa shape index (κ3) is 4.73. The molecule has 1 aromatic carbocycles. The molecule has 1 aliphatic heterocycles. The van der Waals surface area contributed by atoms with Crippen LogP contribution in [-0.4, -0.2) is 47.1 Å². The minimum absolute atomic E-state index is 0.103. The van der Waals surface area contributed by atoms with Crippen LogP contribution in [0.15, 0.2) is 57.7 Å². The van der Waals surface area contributed by atoms with Gasteiger partial charge in [0.25, 0.3) is 11.1 Å². The number of thioether (sulfide) groups is 1. The van der Waals surface area contributed by atoms with E-state index in [1.807, 2.05) is 12.1 Å². The van der Waals surface area contributed by atoms with Crippen LogP contribution in [0.2, 0.25) is 5.02 Å². The molecule has 1 N–H and O–H groups in total. The maximum atomic E-state index is 12.9. The molecular weight excluding hydrogens is 490 g/mol. The van der Waals surface area contributed by atoms with Crippen molar-refractivity contribution in [3.8, 4) is 0 Å². The van der Waals surface area contributed by atoms with Gasteiger partial charge < -0.3 is 5.32 Å². The molecule has 10 nitrogen and oxygen atoms in total. The van der Waals surface area contributed by atoms with Crippen LogP contribution in [0.1, 0.15) is 23.6 Å². The van der Waals surface area contributed by atoms with Gasteiger partial charge in [-0.3, -0.25) is 23.5 Å². The van der Waals surface area contributed by atoms with E-state index >= 15 is 0 Å². The molecule has 0 radical (unpaired) electrons. The molecule has 1 amide bonds. The van der Waals surface area contributed by atoms with E-state index < -0.39 is 0 Å². The minimum atomic E-state index is -0.221. The van der Waals surface area contributed by atoms with E-state index in [4.69, 9.17) is 11.6 Å². The molecule has 1 unspecified atom stereocenters. The number of rotatable bonds is 7. The molecule has 5 rings (SSSR count). The standard InChI is InChI=1S/C23H22ClN7O3S/c1-14-9-26-23-31(21(14)33)17(12-35-23)8-19(32)25-6-7-30-20-18(10-28-30)22(34)29(13-27-20)11-15-2-4-16(24)5-3-15/h2-5,9-10,13,17H,6-8,11-12H2,1H3,(H,25,32). The van der Waals surface area contributed by atoms with E-state index in [9.17, 15) is 14.4 Å². The van der Waals surface area contributed by atoms with Crippen LogP contribution in [0.5, 0.6) is 0 Å². The molecule has 0 bridgehead atoms. The lowest BCUT2D eigenvalue weighted by molar-refractivity contribution is -0.121. The van der Waals surface area contributed by atoms with Gasteiger partial charge in [-0.25, -0.2) is 14.6 Å². The summed E-state index contributed by atoms with van der Waals surface area (Å²) in [6.45, 7) is 2.77. The van der Waals surface area contributed by atoms with Crippen molar-refractivity contribution in [1.29, 1.82) is 0 Å². The molecule has 0 saturated carbocycles. The highest BCUT2D eigenvalue weighted by molar-refractivity contribution is 7.99. The molecule has 4 heterocycles. The van der Waals surface area contributed by atoms with Crippen molar-refractivity contribution in [1.82, 2.24) is 34.2 Å². The van der Waals surface area contributed by atoms with Gasteiger partial charge in [0.15, 0.2) is 10.8 Å². The lowest BCUT2D eigenvalue weighted by atomic mass is 10.2. The molecule has 35 heavy (non-hydrogen) atoms. The molecule has 180 valence electrons. The van der Waals surface area contributed by atoms with Crippen LogP contribution in [-0.2, 0) is 17.9 Å². The third-order valence-corrected chi connectivity index (χ3v) is 7.22. The SMILES string of the molecule is Cc1cnc2n(c1=O)C(CC(=O)NCCn1ncc3c(=O)n(Cc4ccc(Cl)cc4)cnc31)CS2. The highest BCUT2D eigenvalue weighted by Crippen LogP contribution is 2.31. The average Bonchev–Trinajstić information content (AvgIpc) is 3.44. The average molecular weight is 512 g/mol. The number of hydrogen-bond donors (Lipinski definition) is 1. The van der Waals surface area contributed by atoms with Gasteiger partial charge in [0.2, 0.25) is 5.91 Å². The predicted molar refractivity (Wildman–Crippen MR) is 133 cm³/mol. The second-order valence-corrected chi connectivity index (χ2v) is 9.75. The minimum Gasteiger partial charge on any atom is -0.354 e. The van der Waals surface area contributed by atoms with Crippen molar-refractivity contribution < 1.29 is 4.79 Å². The largest absolute Gasteiger partial charge is 0.354 e. The first kappa shape index (κ1) is 23.3. The zero-order chi connectivity index (χ0) is 24.5. The molecule has 12 heteroatoms. The Bertz CT molecular complexity index is 1530. The highest BCUT2D eigenvalue weighted by atomic mass is 35.5. The number of nitrogens with zero attached hydrogens (tertiary/aromatic N) is 6. The fourth-order valence-corrected chi connectivity index (χ4v) is 5.25. The summed E-state index contributed by atoms with van der Waals surface area (Å²) in [7, 11) is 0. The first-order valence-corrected chi connectivity index (χ1v) is 12.4. The number of carbonyl (C=O) groups is 1. The topological polar surface area (TPSA) is 117 Å². The van der Waals surface area contributed by atoms with Crippen LogP contribution in [0.3, 0.4) is 0 Å². The Labute approximate surface area is 209 Å². The number of fused-ring (bicyclic) bond motifs is 2. The summed E-state index contributed by atoms with van der Waals surface area (Å²) < 4.78 is 4.73. The predicted octanol–water partition coefficient (Wildman–Crippen LogP) is 2.01. The summed E-state index contributed by atoms with van der Waals surface area (Å²) in [5.41, 5.74) is 1.67. The van der Waals surface area contributed by atoms with Gasteiger partial charge in [-0.05, 0) is 24.6 Å². The number of aromatic nitrogens is 6. The molecule has 4 aromatic rings. The third-order valence-electron chi connectivity index (χ3n) is 5.86. The van der Waals surface area contributed by atoms with Gasteiger partial charge >= 0.3 is 0 Å². The van der Waals surface area contributed by atoms with Crippen LogP contribution in [0, 0.1) is 6.92 Å². The van der Waals surface area contributed by atoms with Gasteiger partial charge in [0, 0.05) is 35.5 Å². The van der Waals surface area contributed by atoms with Gasteiger partial charge in [-0.2, -0.15) is 5.10 Å².